The van der Waals surface area contributed by atoms with Gasteiger partial charge in [0.05, 0.1) is 50.4 Å². The summed E-state index contributed by atoms with van der Waals surface area (Å²) in [4.78, 5) is 31.5. The Balaban J connectivity index is 1.35. The Morgan fingerprint density at radius 2 is 1.64 bits per heavy atom. The summed E-state index contributed by atoms with van der Waals surface area (Å²) in [5.41, 5.74) is 2.63. The number of carbonyl (C=O) groups is 1. The monoisotopic (exact) mass is 567 g/mol. The van der Waals surface area contributed by atoms with E-state index in [-0.39, 0.29) is 18.0 Å². The van der Waals surface area contributed by atoms with Gasteiger partial charge in [0.15, 0.2) is 17.6 Å². The number of ether oxygens (including phenoxy) is 5. The minimum absolute atomic E-state index is 0.239. The molecule has 6 aromatic rings. The zero-order valence-electron chi connectivity index (χ0n) is 23.8. The van der Waals surface area contributed by atoms with Gasteiger partial charge in [-0.15, -0.1) is 0 Å². The molecule has 0 saturated heterocycles. The Hall–Kier alpha value is -5.25. The molecule has 3 aromatic carbocycles. The molecule has 0 radical (unpaired) electrons. The van der Waals surface area contributed by atoms with Crippen molar-refractivity contribution >= 4 is 44.0 Å². The zero-order valence-corrected chi connectivity index (χ0v) is 23.8. The van der Waals surface area contributed by atoms with Crippen LogP contribution in [0.15, 0.2) is 65.6 Å². The summed E-state index contributed by atoms with van der Waals surface area (Å²) in [5.74, 6) is 2.31. The molecule has 10 heteroatoms. The number of rotatable bonds is 9. The summed E-state index contributed by atoms with van der Waals surface area (Å²) in [7, 11) is 6.20. The normalized spacial score (nSPS) is 12.1. The minimum Gasteiger partial charge on any atom is -0.497 e. The van der Waals surface area contributed by atoms with Gasteiger partial charge in [0, 0.05) is 40.5 Å². The summed E-state index contributed by atoms with van der Waals surface area (Å²) in [5, 5.41) is 5.61. The van der Waals surface area contributed by atoms with Gasteiger partial charge in [-0.25, -0.2) is 0 Å². The van der Waals surface area contributed by atoms with Crippen LogP contribution in [0.2, 0.25) is 0 Å². The molecule has 3 aromatic heterocycles. The molecule has 0 bridgehead atoms. The first kappa shape index (κ1) is 26.9. The Morgan fingerprint density at radius 3 is 2.38 bits per heavy atom. The first-order chi connectivity index (χ1) is 20.4. The second-order valence-corrected chi connectivity index (χ2v) is 9.75. The number of hydrogen-bond donors (Lipinski definition) is 1. The van der Waals surface area contributed by atoms with Gasteiger partial charge in [-0.05, 0) is 55.5 Å². The van der Waals surface area contributed by atoms with Crippen LogP contribution in [0.1, 0.15) is 12.5 Å². The number of aromatic nitrogens is 2. The minimum atomic E-state index is -0.782. The van der Waals surface area contributed by atoms with Gasteiger partial charge in [-0.1, -0.05) is 0 Å². The Morgan fingerprint density at radius 1 is 0.857 bits per heavy atom. The largest absolute Gasteiger partial charge is 0.497 e. The molecule has 1 atom stereocenters. The second kappa shape index (κ2) is 10.6. The number of carbonyl (C=O) groups excluding carboxylic acids is 1. The molecule has 214 valence electrons. The van der Waals surface area contributed by atoms with Crippen LogP contribution >= 0.6 is 0 Å². The van der Waals surface area contributed by atoms with Crippen molar-refractivity contribution in [3.05, 3.63) is 76.7 Å². The maximum absolute atomic E-state index is 13.9. The van der Waals surface area contributed by atoms with E-state index in [2.05, 4.69) is 10.3 Å². The van der Waals surface area contributed by atoms with E-state index in [4.69, 9.17) is 23.7 Å². The van der Waals surface area contributed by atoms with Crippen molar-refractivity contribution in [1.82, 2.24) is 14.7 Å². The van der Waals surface area contributed by atoms with Gasteiger partial charge < -0.3 is 29.0 Å². The highest BCUT2D eigenvalue weighted by atomic mass is 16.5. The smallest absolute Gasteiger partial charge is 0.267 e. The molecule has 0 spiro atoms. The van der Waals surface area contributed by atoms with Crippen LogP contribution in [0, 0.1) is 0 Å². The predicted molar refractivity (Wildman–Crippen MR) is 160 cm³/mol. The molecule has 10 nitrogen and oxygen atoms in total. The second-order valence-electron chi connectivity index (χ2n) is 9.75. The van der Waals surface area contributed by atoms with Gasteiger partial charge in [-0.3, -0.25) is 19.0 Å². The highest BCUT2D eigenvalue weighted by molar-refractivity contribution is 6.19. The van der Waals surface area contributed by atoms with Crippen molar-refractivity contribution in [3.8, 4) is 28.7 Å². The number of hydrogen-bond acceptors (Lipinski definition) is 8. The van der Waals surface area contributed by atoms with E-state index in [9.17, 15) is 9.59 Å². The maximum atomic E-state index is 13.9. The SMILES string of the molecule is COc1ccc(CNC(=O)[C@H](C)Oc2ccc3c(c2)c2ccnc4c5ccc(OC)c(OC)c5c(=O)n3c24)c(OC)c1. The Labute approximate surface area is 240 Å². The van der Waals surface area contributed by atoms with Crippen LogP contribution in [-0.4, -0.2) is 49.8 Å². The van der Waals surface area contributed by atoms with Crippen LogP contribution in [0.3, 0.4) is 0 Å². The highest BCUT2D eigenvalue weighted by Gasteiger charge is 2.23. The molecule has 0 unspecified atom stereocenters. The van der Waals surface area contributed by atoms with E-state index < -0.39 is 6.10 Å². The van der Waals surface area contributed by atoms with E-state index >= 15 is 0 Å². The fraction of sp³-hybridized carbons (Fsp3) is 0.219. The van der Waals surface area contributed by atoms with E-state index in [0.717, 1.165) is 16.3 Å². The molecule has 0 aliphatic heterocycles. The molecule has 0 saturated carbocycles. The number of amides is 1. The lowest BCUT2D eigenvalue weighted by Crippen LogP contribution is -2.36. The highest BCUT2D eigenvalue weighted by Crippen LogP contribution is 2.39. The third-order valence-electron chi connectivity index (χ3n) is 7.49. The molecule has 0 aliphatic carbocycles. The van der Waals surface area contributed by atoms with Crippen LogP contribution in [-0.2, 0) is 11.3 Å². The molecule has 42 heavy (non-hydrogen) atoms. The number of nitrogens with one attached hydrogen (secondary N) is 1. The van der Waals surface area contributed by atoms with E-state index in [1.807, 2.05) is 36.4 Å². The maximum Gasteiger partial charge on any atom is 0.267 e. The lowest BCUT2D eigenvalue weighted by atomic mass is 10.1. The average molecular weight is 568 g/mol. The Kier molecular flexibility index (Phi) is 6.82. The van der Waals surface area contributed by atoms with Crippen molar-refractivity contribution in [1.29, 1.82) is 0 Å². The van der Waals surface area contributed by atoms with Gasteiger partial charge in [0.25, 0.3) is 11.5 Å². The number of pyridine rings is 2. The van der Waals surface area contributed by atoms with Crippen LogP contribution < -0.4 is 34.6 Å². The lowest BCUT2D eigenvalue weighted by Gasteiger charge is -2.16. The number of benzene rings is 3. The van der Waals surface area contributed by atoms with Crippen LogP contribution in [0.4, 0.5) is 0 Å². The number of methoxy groups -OCH3 is 4. The summed E-state index contributed by atoms with van der Waals surface area (Å²) >= 11 is 0. The molecule has 1 N–H and O–H groups in total. The topological polar surface area (TPSA) is 110 Å². The van der Waals surface area contributed by atoms with Crippen molar-refractivity contribution < 1.29 is 28.5 Å². The molecule has 0 aliphatic rings. The first-order valence-electron chi connectivity index (χ1n) is 13.3. The summed E-state index contributed by atoms with van der Waals surface area (Å²) in [6, 6.07) is 16.3. The van der Waals surface area contributed by atoms with Gasteiger partial charge in [0.2, 0.25) is 0 Å². The predicted octanol–water partition coefficient (Wildman–Crippen LogP) is 4.71. The van der Waals surface area contributed by atoms with Crippen molar-refractivity contribution in [3.63, 3.8) is 0 Å². The van der Waals surface area contributed by atoms with Crippen molar-refractivity contribution in [2.24, 2.45) is 0 Å². The van der Waals surface area contributed by atoms with Crippen LogP contribution in [0.25, 0.3) is 38.1 Å². The van der Waals surface area contributed by atoms with Gasteiger partial charge in [0.1, 0.15) is 17.2 Å². The lowest BCUT2D eigenvalue weighted by molar-refractivity contribution is -0.127. The first-order valence-corrected chi connectivity index (χ1v) is 13.3. The summed E-state index contributed by atoms with van der Waals surface area (Å²) < 4.78 is 29.4. The number of fused-ring (bicyclic) bond motifs is 5. The number of nitrogens with zero attached hydrogens (tertiary/aromatic N) is 2. The summed E-state index contributed by atoms with van der Waals surface area (Å²) in [6.45, 7) is 1.95. The molecule has 1 amide bonds. The molecular weight excluding hydrogens is 538 g/mol. The van der Waals surface area contributed by atoms with Crippen LogP contribution in [0.5, 0.6) is 28.7 Å². The van der Waals surface area contributed by atoms with E-state index in [1.165, 1.54) is 14.2 Å². The van der Waals surface area contributed by atoms with E-state index in [1.54, 1.807) is 49.9 Å². The quantitative estimate of drug-likeness (QED) is 0.250. The van der Waals surface area contributed by atoms with E-state index in [0.29, 0.717) is 56.1 Å². The van der Waals surface area contributed by atoms with Gasteiger partial charge >= 0.3 is 0 Å². The fourth-order valence-corrected chi connectivity index (χ4v) is 5.46. The molecule has 0 fully saturated rings. The van der Waals surface area contributed by atoms with Gasteiger partial charge in [-0.2, -0.15) is 0 Å². The zero-order chi connectivity index (χ0) is 29.5. The molecule has 3 heterocycles. The Bertz CT molecular complexity index is 2040. The summed E-state index contributed by atoms with van der Waals surface area (Å²) in [6.07, 6.45) is 0.935. The standard InChI is InChI=1S/C32H29N3O7/c1-17(31(36)34-16-18-6-7-19(38-2)15-26(18)40-4)42-20-8-10-24-23(14-20)21-12-13-33-28-22-9-11-25(39-3)30(41-5)27(22)32(37)35(24)29(21)28/h6-15,17H,16H2,1-5H3,(H,34,36)/t17-/m0/s1. The van der Waals surface area contributed by atoms with Crippen molar-refractivity contribution in [2.75, 3.05) is 28.4 Å². The van der Waals surface area contributed by atoms with Crippen molar-refractivity contribution in [2.45, 2.75) is 19.6 Å². The average Bonchev–Trinajstić information content (AvgIpc) is 3.36. The molecular formula is C32H29N3O7. The third-order valence-corrected chi connectivity index (χ3v) is 7.49. The fourth-order valence-electron chi connectivity index (χ4n) is 5.46. The third kappa shape index (κ3) is 4.23. The molecule has 6 rings (SSSR count).